The number of anilines is 1. The molecule has 0 saturated heterocycles. The van der Waals surface area contributed by atoms with Gasteiger partial charge in [0.1, 0.15) is 0 Å². The number of methoxy groups -OCH3 is 1. The molecular formula is C15H15ClN4O3. The van der Waals surface area contributed by atoms with Gasteiger partial charge in [-0.1, -0.05) is 29.8 Å². The molecule has 0 aliphatic heterocycles. The monoisotopic (exact) mass is 334 g/mol. The van der Waals surface area contributed by atoms with Gasteiger partial charge in [0, 0.05) is 17.4 Å². The number of amides is 1. The number of carbonyl (C=O) groups is 2. The van der Waals surface area contributed by atoms with E-state index in [0.29, 0.717) is 10.6 Å². The van der Waals surface area contributed by atoms with Gasteiger partial charge >= 0.3 is 5.97 Å². The number of nitrogens with one attached hydrogen (secondary N) is 1. The van der Waals surface area contributed by atoms with Crippen LogP contribution in [0.25, 0.3) is 0 Å². The molecule has 7 nitrogen and oxygen atoms in total. The van der Waals surface area contributed by atoms with Gasteiger partial charge in [-0.3, -0.25) is 9.59 Å². The van der Waals surface area contributed by atoms with E-state index in [1.807, 2.05) is 0 Å². The summed E-state index contributed by atoms with van der Waals surface area (Å²) < 4.78 is 4.67. The quantitative estimate of drug-likeness (QED) is 0.806. The van der Waals surface area contributed by atoms with E-state index in [1.54, 1.807) is 24.3 Å². The van der Waals surface area contributed by atoms with Crippen LogP contribution in [0.3, 0.4) is 0 Å². The van der Waals surface area contributed by atoms with Crippen molar-refractivity contribution in [3.8, 4) is 0 Å². The van der Waals surface area contributed by atoms with Crippen molar-refractivity contribution < 1.29 is 14.3 Å². The fourth-order valence-electron chi connectivity index (χ4n) is 2.00. The summed E-state index contributed by atoms with van der Waals surface area (Å²) in [6.45, 7) is 0. The van der Waals surface area contributed by atoms with Gasteiger partial charge in [0.2, 0.25) is 0 Å². The van der Waals surface area contributed by atoms with Gasteiger partial charge in [0.05, 0.1) is 19.6 Å². The second-order valence-electron chi connectivity index (χ2n) is 4.62. The van der Waals surface area contributed by atoms with Gasteiger partial charge in [-0.25, -0.2) is 9.97 Å². The summed E-state index contributed by atoms with van der Waals surface area (Å²) in [5.74, 6) is -1.03. The maximum absolute atomic E-state index is 12.3. The van der Waals surface area contributed by atoms with Gasteiger partial charge in [-0.05, 0) is 11.6 Å². The van der Waals surface area contributed by atoms with Gasteiger partial charge in [-0.2, -0.15) is 0 Å². The summed E-state index contributed by atoms with van der Waals surface area (Å²) >= 11 is 6.15. The largest absolute Gasteiger partial charge is 0.469 e. The molecule has 0 aliphatic rings. The Morgan fingerprint density at radius 2 is 2.00 bits per heavy atom. The lowest BCUT2D eigenvalue weighted by molar-refractivity contribution is -0.141. The topological polar surface area (TPSA) is 107 Å². The highest BCUT2D eigenvalue weighted by Crippen LogP contribution is 2.26. The average Bonchev–Trinajstić information content (AvgIpc) is 2.55. The van der Waals surface area contributed by atoms with E-state index in [0.717, 1.165) is 0 Å². The van der Waals surface area contributed by atoms with Crippen LogP contribution in [-0.4, -0.2) is 29.0 Å². The molecule has 8 heteroatoms. The summed E-state index contributed by atoms with van der Waals surface area (Å²) in [4.78, 5) is 31.7. The molecule has 0 aliphatic carbocycles. The number of nitrogen functional groups attached to an aromatic ring is 1. The lowest BCUT2D eigenvalue weighted by Crippen LogP contribution is -2.32. The van der Waals surface area contributed by atoms with Crippen LogP contribution in [0.5, 0.6) is 0 Å². The van der Waals surface area contributed by atoms with E-state index in [-0.39, 0.29) is 17.9 Å². The van der Waals surface area contributed by atoms with Crippen molar-refractivity contribution >= 4 is 29.3 Å². The van der Waals surface area contributed by atoms with Crippen molar-refractivity contribution in [3.05, 3.63) is 52.9 Å². The third kappa shape index (κ3) is 4.17. The van der Waals surface area contributed by atoms with Crippen LogP contribution in [0.2, 0.25) is 5.02 Å². The smallest absolute Gasteiger partial charge is 0.307 e. The number of ether oxygens (including phenoxy) is 1. The molecule has 120 valence electrons. The Kier molecular flexibility index (Phi) is 5.48. The maximum Gasteiger partial charge on any atom is 0.307 e. The zero-order valence-corrected chi connectivity index (χ0v) is 13.1. The maximum atomic E-state index is 12.3. The first-order valence-electron chi connectivity index (χ1n) is 6.71. The normalized spacial score (nSPS) is 11.6. The molecule has 1 atom stereocenters. The van der Waals surface area contributed by atoms with E-state index in [4.69, 9.17) is 17.3 Å². The molecule has 0 spiro atoms. The first kappa shape index (κ1) is 16.7. The van der Waals surface area contributed by atoms with E-state index >= 15 is 0 Å². The molecule has 0 bridgehead atoms. The molecule has 2 aromatic rings. The molecular weight excluding hydrogens is 320 g/mol. The van der Waals surface area contributed by atoms with Crippen molar-refractivity contribution in [2.75, 3.05) is 12.8 Å². The molecule has 1 amide bonds. The van der Waals surface area contributed by atoms with Crippen molar-refractivity contribution in [3.63, 3.8) is 0 Å². The van der Waals surface area contributed by atoms with Gasteiger partial charge in [0.25, 0.3) is 5.91 Å². The van der Waals surface area contributed by atoms with Gasteiger partial charge in [-0.15, -0.1) is 0 Å². The Balaban J connectivity index is 2.28. The predicted molar refractivity (Wildman–Crippen MR) is 84.7 cm³/mol. The van der Waals surface area contributed by atoms with Crippen molar-refractivity contribution in [1.29, 1.82) is 0 Å². The Bertz CT molecular complexity index is 723. The highest BCUT2D eigenvalue weighted by Gasteiger charge is 2.23. The molecule has 1 unspecified atom stereocenters. The van der Waals surface area contributed by atoms with E-state index < -0.39 is 17.9 Å². The summed E-state index contributed by atoms with van der Waals surface area (Å²) in [6.07, 6.45) is 2.66. The zero-order valence-electron chi connectivity index (χ0n) is 12.3. The zero-order chi connectivity index (χ0) is 16.8. The summed E-state index contributed by atoms with van der Waals surface area (Å²) in [5, 5.41) is 3.11. The lowest BCUT2D eigenvalue weighted by Gasteiger charge is -2.19. The number of nitrogens with zero attached hydrogens (tertiary/aromatic N) is 2. The highest BCUT2D eigenvalue weighted by atomic mass is 35.5. The molecule has 2 rings (SSSR count). The number of esters is 1. The number of rotatable bonds is 5. The molecule has 0 fully saturated rings. The van der Waals surface area contributed by atoms with Crippen LogP contribution in [0, 0.1) is 0 Å². The second-order valence-corrected chi connectivity index (χ2v) is 5.03. The number of nitrogens with two attached hydrogens (primary N) is 1. The summed E-state index contributed by atoms with van der Waals surface area (Å²) in [5.41, 5.74) is 6.21. The molecule has 1 aromatic heterocycles. The number of hydrogen-bond acceptors (Lipinski definition) is 6. The first-order chi connectivity index (χ1) is 11.0. The van der Waals surface area contributed by atoms with Crippen LogP contribution in [0.1, 0.15) is 28.5 Å². The third-order valence-electron chi connectivity index (χ3n) is 3.13. The SMILES string of the molecule is COC(=O)CC(NC(=O)c1nccnc1N)c1ccccc1Cl. The van der Waals surface area contributed by atoms with Crippen molar-refractivity contribution in [2.24, 2.45) is 0 Å². The minimum atomic E-state index is -0.676. The van der Waals surface area contributed by atoms with E-state index in [9.17, 15) is 9.59 Å². The van der Waals surface area contributed by atoms with E-state index in [1.165, 1.54) is 19.5 Å². The fourth-order valence-corrected chi connectivity index (χ4v) is 2.26. The number of hydrogen-bond donors (Lipinski definition) is 2. The van der Waals surface area contributed by atoms with Crippen LogP contribution >= 0.6 is 11.6 Å². The molecule has 0 saturated carbocycles. The summed E-state index contributed by atoms with van der Waals surface area (Å²) in [7, 11) is 1.27. The third-order valence-corrected chi connectivity index (χ3v) is 3.47. The van der Waals surface area contributed by atoms with Gasteiger partial charge < -0.3 is 15.8 Å². The Morgan fingerprint density at radius 3 is 2.65 bits per heavy atom. The minimum absolute atomic E-state index is 0.000904. The highest BCUT2D eigenvalue weighted by molar-refractivity contribution is 6.31. The van der Waals surface area contributed by atoms with Crippen molar-refractivity contribution in [1.82, 2.24) is 15.3 Å². The van der Waals surface area contributed by atoms with Crippen LogP contribution in [-0.2, 0) is 9.53 Å². The number of benzene rings is 1. The van der Waals surface area contributed by atoms with Crippen LogP contribution < -0.4 is 11.1 Å². The number of carbonyl (C=O) groups excluding carboxylic acids is 2. The Morgan fingerprint density at radius 1 is 1.30 bits per heavy atom. The average molecular weight is 335 g/mol. The molecule has 23 heavy (non-hydrogen) atoms. The lowest BCUT2D eigenvalue weighted by atomic mass is 10.0. The Labute approximate surface area is 137 Å². The fraction of sp³-hybridized carbons (Fsp3) is 0.200. The Hall–Kier alpha value is -2.67. The second kappa shape index (κ2) is 7.55. The predicted octanol–water partition coefficient (Wildman–Crippen LogP) is 1.75. The standard InChI is InChI=1S/C15H15ClN4O3/c1-23-12(21)8-11(9-4-2-3-5-10(9)16)20-15(22)13-14(17)19-7-6-18-13/h2-7,11H,8H2,1H3,(H2,17,19)(H,20,22). The van der Waals surface area contributed by atoms with Crippen LogP contribution in [0.15, 0.2) is 36.7 Å². The number of halogens is 1. The van der Waals surface area contributed by atoms with Gasteiger partial charge in [0.15, 0.2) is 11.5 Å². The molecule has 3 N–H and O–H groups in total. The molecule has 0 radical (unpaired) electrons. The summed E-state index contributed by atoms with van der Waals surface area (Å²) in [6, 6.07) is 6.23. The molecule has 1 heterocycles. The van der Waals surface area contributed by atoms with Crippen molar-refractivity contribution in [2.45, 2.75) is 12.5 Å². The number of aromatic nitrogens is 2. The van der Waals surface area contributed by atoms with E-state index in [2.05, 4.69) is 20.0 Å². The van der Waals surface area contributed by atoms with Crippen LogP contribution in [0.4, 0.5) is 5.82 Å². The molecule has 1 aromatic carbocycles. The minimum Gasteiger partial charge on any atom is -0.469 e. The first-order valence-corrected chi connectivity index (χ1v) is 7.09.